The van der Waals surface area contributed by atoms with Crippen molar-refractivity contribution in [2.45, 2.75) is 31.7 Å². The minimum atomic E-state index is -3.40. The number of piperidine rings is 1. The Morgan fingerprint density at radius 1 is 1.35 bits per heavy atom. The Bertz CT molecular complexity index is 526. The standard InChI is InChI=1S/C13H21N3O2S2/c17-20(18,15-13-5-7-19-10-13)16-6-1-2-11(9-16)8-14-12-3-4-12/h5,7,10-12,14-15H,1-4,6,8-9H2. The predicted octanol–water partition coefficient (Wildman–Crippen LogP) is 1.87. The number of nitrogens with zero attached hydrogens (tertiary/aromatic N) is 1. The maximum atomic E-state index is 12.3. The van der Waals surface area contributed by atoms with Crippen molar-refractivity contribution in [1.29, 1.82) is 0 Å². The summed E-state index contributed by atoms with van der Waals surface area (Å²) in [5.41, 5.74) is 0.660. The molecule has 2 N–H and O–H groups in total. The van der Waals surface area contributed by atoms with Crippen LogP contribution < -0.4 is 10.0 Å². The lowest BCUT2D eigenvalue weighted by Crippen LogP contribution is -2.45. The van der Waals surface area contributed by atoms with Gasteiger partial charge in [0.1, 0.15) is 0 Å². The molecular formula is C13H21N3O2S2. The van der Waals surface area contributed by atoms with Gasteiger partial charge in [-0.25, -0.2) is 0 Å². The van der Waals surface area contributed by atoms with E-state index in [-0.39, 0.29) is 0 Å². The Kier molecular flexibility index (Phi) is 4.30. The van der Waals surface area contributed by atoms with E-state index in [4.69, 9.17) is 0 Å². The molecule has 0 bridgehead atoms. The first-order valence-corrected chi connectivity index (χ1v) is 9.55. The molecule has 7 heteroatoms. The van der Waals surface area contributed by atoms with Crippen LogP contribution in [-0.4, -0.2) is 38.4 Å². The first-order chi connectivity index (χ1) is 9.63. The molecule has 1 atom stereocenters. The van der Waals surface area contributed by atoms with Gasteiger partial charge < -0.3 is 5.32 Å². The normalized spacial score (nSPS) is 24.7. The van der Waals surface area contributed by atoms with Crippen molar-refractivity contribution in [3.05, 3.63) is 16.8 Å². The molecule has 2 fully saturated rings. The summed E-state index contributed by atoms with van der Waals surface area (Å²) in [5, 5.41) is 7.19. The smallest absolute Gasteiger partial charge is 0.301 e. The van der Waals surface area contributed by atoms with Crippen molar-refractivity contribution >= 4 is 27.2 Å². The summed E-state index contributed by atoms with van der Waals surface area (Å²) in [6.45, 7) is 2.19. The third-order valence-corrected chi connectivity index (χ3v) is 6.05. The summed E-state index contributed by atoms with van der Waals surface area (Å²) in [6, 6.07) is 2.48. The second kappa shape index (κ2) is 6.01. The highest BCUT2D eigenvalue weighted by Gasteiger charge is 2.30. The predicted molar refractivity (Wildman–Crippen MR) is 82.2 cm³/mol. The Morgan fingerprint density at radius 2 is 2.20 bits per heavy atom. The number of rotatable bonds is 6. The number of nitrogens with one attached hydrogen (secondary N) is 2. The first-order valence-electron chi connectivity index (χ1n) is 7.17. The molecule has 20 heavy (non-hydrogen) atoms. The van der Waals surface area contributed by atoms with Crippen molar-refractivity contribution < 1.29 is 8.42 Å². The molecule has 1 saturated carbocycles. The van der Waals surface area contributed by atoms with Gasteiger partial charge in [-0.15, -0.1) is 0 Å². The molecule has 3 rings (SSSR count). The topological polar surface area (TPSA) is 61.4 Å². The zero-order valence-electron chi connectivity index (χ0n) is 11.4. The summed E-state index contributed by atoms with van der Waals surface area (Å²) in [6.07, 6.45) is 4.61. The first kappa shape index (κ1) is 14.3. The van der Waals surface area contributed by atoms with Crippen molar-refractivity contribution in [3.63, 3.8) is 0 Å². The Morgan fingerprint density at radius 3 is 2.90 bits per heavy atom. The van der Waals surface area contributed by atoms with Crippen LogP contribution >= 0.6 is 11.3 Å². The van der Waals surface area contributed by atoms with E-state index in [1.807, 2.05) is 10.8 Å². The molecule has 1 saturated heterocycles. The molecule has 1 unspecified atom stereocenters. The van der Waals surface area contributed by atoms with Crippen LogP contribution in [0.5, 0.6) is 0 Å². The maximum absolute atomic E-state index is 12.3. The zero-order valence-corrected chi connectivity index (χ0v) is 13.0. The Balaban J connectivity index is 1.57. The molecule has 1 aliphatic heterocycles. The van der Waals surface area contributed by atoms with Gasteiger partial charge in [-0.2, -0.15) is 24.1 Å². The van der Waals surface area contributed by atoms with Gasteiger partial charge in [0.05, 0.1) is 5.69 Å². The van der Waals surface area contributed by atoms with Crippen molar-refractivity contribution in [3.8, 4) is 0 Å². The van der Waals surface area contributed by atoms with Crippen LogP contribution in [0, 0.1) is 5.92 Å². The summed E-state index contributed by atoms with van der Waals surface area (Å²) in [4.78, 5) is 0. The van der Waals surface area contributed by atoms with Crippen LogP contribution in [-0.2, 0) is 10.2 Å². The van der Waals surface area contributed by atoms with Crippen LogP contribution in [0.1, 0.15) is 25.7 Å². The highest BCUT2D eigenvalue weighted by Crippen LogP contribution is 2.23. The van der Waals surface area contributed by atoms with Gasteiger partial charge in [-0.1, -0.05) is 0 Å². The van der Waals surface area contributed by atoms with Crippen LogP contribution in [0.15, 0.2) is 16.8 Å². The molecule has 2 heterocycles. The fourth-order valence-corrected chi connectivity index (χ4v) is 4.56. The molecule has 1 aliphatic carbocycles. The average molecular weight is 315 g/mol. The maximum Gasteiger partial charge on any atom is 0.301 e. The minimum Gasteiger partial charge on any atom is -0.314 e. The molecule has 0 spiro atoms. The van der Waals surface area contributed by atoms with Gasteiger partial charge in [0.25, 0.3) is 0 Å². The summed E-state index contributed by atoms with van der Waals surface area (Å²) >= 11 is 1.49. The lowest BCUT2D eigenvalue weighted by Gasteiger charge is -2.32. The second-order valence-corrected chi connectivity index (χ2v) is 8.12. The largest absolute Gasteiger partial charge is 0.314 e. The van der Waals surface area contributed by atoms with Gasteiger partial charge in [-0.3, -0.25) is 4.72 Å². The van der Waals surface area contributed by atoms with Gasteiger partial charge in [0, 0.05) is 24.5 Å². The zero-order chi connectivity index (χ0) is 14.0. The van der Waals surface area contributed by atoms with Crippen molar-refractivity contribution in [2.24, 2.45) is 5.92 Å². The molecule has 5 nitrogen and oxygen atoms in total. The third kappa shape index (κ3) is 3.72. The number of anilines is 1. The molecule has 1 aromatic heterocycles. The lowest BCUT2D eigenvalue weighted by molar-refractivity contribution is 0.261. The quantitative estimate of drug-likeness (QED) is 0.842. The highest BCUT2D eigenvalue weighted by atomic mass is 32.2. The molecular weight excluding hydrogens is 294 g/mol. The van der Waals surface area contributed by atoms with E-state index in [0.29, 0.717) is 30.7 Å². The van der Waals surface area contributed by atoms with Crippen LogP contribution in [0.25, 0.3) is 0 Å². The van der Waals surface area contributed by atoms with E-state index in [2.05, 4.69) is 10.0 Å². The SMILES string of the molecule is O=S(=O)(Nc1ccsc1)N1CCCC(CNC2CC2)C1. The molecule has 112 valence electrons. The third-order valence-electron chi connectivity index (χ3n) is 3.86. The van der Waals surface area contributed by atoms with Crippen LogP contribution in [0.3, 0.4) is 0 Å². The van der Waals surface area contributed by atoms with Crippen LogP contribution in [0.2, 0.25) is 0 Å². The molecule has 0 amide bonds. The van der Waals surface area contributed by atoms with Gasteiger partial charge in [0.15, 0.2) is 0 Å². The van der Waals surface area contributed by atoms with Crippen LogP contribution in [0.4, 0.5) is 5.69 Å². The molecule has 0 radical (unpaired) electrons. The van der Waals surface area contributed by atoms with E-state index in [9.17, 15) is 8.42 Å². The highest BCUT2D eigenvalue weighted by molar-refractivity contribution is 7.90. The Hall–Kier alpha value is -0.630. The minimum absolute atomic E-state index is 0.434. The summed E-state index contributed by atoms with van der Waals surface area (Å²) in [7, 11) is -3.40. The Labute approximate surface area is 124 Å². The van der Waals surface area contributed by atoms with Crippen molar-refractivity contribution in [2.75, 3.05) is 24.4 Å². The monoisotopic (exact) mass is 315 g/mol. The summed E-state index contributed by atoms with van der Waals surface area (Å²) < 4.78 is 28.9. The average Bonchev–Trinajstić information content (AvgIpc) is 3.14. The van der Waals surface area contributed by atoms with E-state index < -0.39 is 10.2 Å². The molecule has 0 aromatic carbocycles. The molecule has 2 aliphatic rings. The number of thiophene rings is 1. The van der Waals surface area contributed by atoms with E-state index >= 15 is 0 Å². The molecule has 1 aromatic rings. The second-order valence-electron chi connectivity index (χ2n) is 5.67. The number of hydrogen-bond acceptors (Lipinski definition) is 4. The van der Waals surface area contributed by atoms with Gasteiger partial charge in [-0.05, 0) is 49.6 Å². The number of hydrogen-bond donors (Lipinski definition) is 2. The van der Waals surface area contributed by atoms with E-state index in [0.717, 1.165) is 19.4 Å². The van der Waals surface area contributed by atoms with Gasteiger partial charge >= 0.3 is 10.2 Å². The summed E-state index contributed by atoms with van der Waals surface area (Å²) in [5.74, 6) is 0.434. The fourth-order valence-electron chi connectivity index (χ4n) is 2.57. The lowest BCUT2D eigenvalue weighted by atomic mass is 10.00. The van der Waals surface area contributed by atoms with Gasteiger partial charge in [0.2, 0.25) is 0 Å². The van der Waals surface area contributed by atoms with Crippen molar-refractivity contribution in [1.82, 2.24) is 9.62 Å². The van der Waals surface area contributed by atoms with E-state index in [1.54, 1.807) is 10.4 Å². The van der Waals surface area contributed by atoms with E-state index in [1.165, 1.54) is 24.2 Å². The fraction of sp³-hybridized carbons (Fsp3) is 0.692.